The number of rotatable bonds is 3. The summed E-state index contributed by atoms with van der Waals surface area (Å²) in [6.45, 7) is 6.40. The van der Waals surface area contributed by atoms with Crippen LogP contribution in [0.4, 0.5) is 0 Å². The Morgan fingerprint density at radius 2 is 2.12 bits per heavy atom. The third kappa shape index (κ3) is 3.28. The quantitative estimate of drug-likeness (QED) is 0.859. The van der Waals surface area contributed by atoms with Crippen LogP contribution in [0.2, 0.25) is 0 Å². The van der Waals surface area contributed by atoms with Crippen molar-refractivity contribution in [3.8, 4) is 0 Å². The smallest absolute Gasteiger partial charge is 0.242 e. The number of hydrogen-bond acceptors (Lipinski definition) is 4. The molecule has 4 rings (SSSR count). The van der Waals surface area contributed by atoms with Crippen molar-refractivity contribution in [2.75, 3.05) is 19.7 Å². The molecular weight excluding hydrogens is 318 g/mol. The van der Waals surface area contributed by atoms with Gasteiger partial charge in [0, 0.05) is 37.0 Å². The molecule has 2 aliphatic heterocycles. The molecule has 0 saturated carbocycles. The van der Waals surface area contributed by atoms with Crippen molar-refractivity contribution in [1.82, 2.24) is 14.5 Å². The molecule has 0 radical (unpaired) electrons. The summed E-state index contributed by atoms with van der Waals surface area (Å²) in [5.74, 6) is 0.115. The fourth-order valence-electron chi connectivity index (χ4n) is 3.97. The highest BCUT2D eigenvalue weighted by Crippen LogP contribution is 2.32. The molecule has 2 unspecified atom stereocenters. The Bertz CT molecular complexity index is 756. The first kappa shape index (κ1) is 16.5. The Kier molecular flexibility index (Phi) is 4.48. The van der Waals surface area contributed by atoms with Crippen LogP contribution in [0.5, 0.6) is 0 Å². The molecule has 2 aromatic heterocycles. The predicted molar refractivity (Wildman–Crippen MR) is 94.2 cm³/mol. The lowest BCUT2D eigenvalue weighted by Gasteiger charge is -2.35. The van der Waals surface area contributed by atoms with Gasteiger partial charge in [-0.05, 0) is 44.9 Å². The van der Waals surface area contributed by atoms with Crippen LogP contribution < -0.4 is 0 Å². The van der Waals surface area contributed by atoms with E-state index in [1.165, 1.54) is 0 Å². The Balaban J connectivity index is 1.63. The van der Waals surface area contributed by atoms with Crippen molar-refractivity contribution < 1.29 is 14.3 Å². The average Bonchev–Trinajstić information content (AvgIpc) is 3.22. The van der Waals surface area contributed by atoms with Crippen LogP contribution in [0.3, 0.4) is 0 Å². The van der Waals surface area contributed by atoms with Crippen molar-refractivity contribution in [3.05, 3.63) is 30.1 Å². The Morgan fingerprint density at radius 1 is 1.32 bits per heavy atom. The topological polar surface area (TPSA) is 56.6 Å². The Morgan fingerprint density at radius 3 is 2.84 bits per heavy atom. The van der Waals surface area contributed by atoms with Gasteiger partial charge in [0.25, 0.3) is 0 Å². The van der Waals surface area contributed by atoms with Crippen LogP contribution in [0.25, 0.3) is 11.0 Å². The molecule has 1 amide bonds. The Hall–Kier alpha value is -1.92. The van der Waals surface area contributed by atoms with Gasteiger partial charge >= 0.3 is 0 Å². The first-order valence-electron chi connectivity index (χ1n) is 9.11. The van der Waals surface area contributed by atoms with Crippen LogP contribution in [-0.2, 0) is 20.8 Å². The number of carbonyl (C=O) groups excluding carboxylic acids is 1. The molecule has 6 heteroatoms. The second-order valence-corrected chi connectivity index (χ2v) is 7.13. The molecule has 4 heterocycles. The molecule has 2 saturated heterocycles. The zero-order valence-corrected chi connectivity index (χ0v) is 14.9. The second-order valence-electron chi connectivity index (χ2n) is 7.13. The number of fused-ring (bicyclic) bond motifs is 1. The zero-order valence-electron chi connectivity index (χ0n) is 14.9. The summed E-state index contributed by atoms with van der Waals surface area (Å²) in [7, 11) is 0. The molecule has 0 N–H and O–H groups in total. The SMILES string of the molecule is CC1CN(C(=O)Cn2c([C@@H]3CCCO3)cc3cccnc32)CC(C)O1. The minimum absolute atomic E-state index is 0.0598. The molecule has 2 aromatic rings. The summed E-state index contributed by atoms with van der Waals surface area (Å²) in [5, 5.41) is 1.06. The number of aromatic nitrogens is 2. The second kappa shape index (κ2) is 6.77. The van der Waals surface area contributed by atoms with E-state index in [1.54, 1.807) is 6.20 Å². The fraction of sp³-hybridized carbons (Fsp3) is 0.579. The van der Waals surface area contributed by atoms with Gasteiger partial charge in [-0.25, -0.2) is 4.98 Å². The van der Waals surface area contributed by atoms with Gasteiger partial charge in [-0.15, -0.1) is 0 Å². The third-order valence-electron chi connectivity index (χ3n) is 5.01. The van der Waals surface area contributed by atoms with Crippen LogP contribution in [0, 0.1) is 0 Å². The van der Waals surface area contributed by atoms with Gasteiger partial charge in [0.05, 0.1) is 18.3 Å². The van der Waals surface area contributed by atoms with Crippen LogP contribution >= 0.6 is 0 Å². The Labute approximate surface area is 147 Å². The van der Waals surface area contributed by atoms with E-state index in [0.29, 0.717) is 19.6 Å². The fourth-order valence-corrected chi connectivity index (χ4v) is 3.97. The maximum atomic E-state index is 12.9. The average molecular weight is 343 g/mol. The van der Waals surface area contributed by atoms with E-state index in [9.17, 15) is 4.79 Å². The van der Waals surface area contributed by atoms with Gasteiger partial charge in [-0.2, -0.15) is 0 Å². The van der Waals surface area contributed by atoms with Crippen LogP contribution in [0.15, 0.2) is 24.4 Å². The number of carbonyl (C=O) groups is 1. The summed E-state index contributed by atoms with van der Waals surface area (Å²) in [6.07, 6.45) is 4.04. The lowest BCUT2D eigenvalue weighted by Crippen LogP contribution is -2.49. The molecule has 6 nitrogen and oxygen atoms in total. The van der Waals surface area contributed by atoms with Crippen molar-refractivity contribution in [1.29, 1.82) is 0 Å². The van der Waals surface area contributed by atoms with E-state index in [0.717, 1.165) is 36.2 Å². The van der Waals surface area contributed by atoms with Crippen LogP contribution in [-0.4, -0.2) is 52.3 Å². The normalized spacial score (nSPS) is 27.1. The molecule has 0 bridgehead atoms. The molecule has 25 heavy (non-hydrogen) atoms. The first-order valence-corrected chi connectivity index (χ1v) is 9.11. The van der Waals surface area contributed by atoms with Gasteiger partial charge in [0.2, 0.25) is 5.91 Å². The monoisotopic (exact) mass is 343 g/mol. The summed E-state index contributed by atoms with van der Waals surface area (Å²) >= 11 is 0. The number of nitrogens with zero attached hydrogens (tertiary/aromatic N) is 3. The lowest BCUT2D eigenvalue weighted by atomic mass is 10.1. The summed E-state index contributed by atoms with van der Waals surface area (Å²) in [5.41, 5.74) is 1.92. The number of pyridine rings is 1. The maximum absolute atomic E-state index is 12.9. The molecular formula is C19H25N3O3. The summed E-state index contributed by atoms with van der Waals surface area (Å²) in [6, 6.07) is 6.09. The van der Waals surface area contributed by atoms with Crippen molar-refractivity contribution in [2.24, 2.45) is 0 Å². The summed E-state index contributed by atoms with van der Waals surface area (Å²) in [4.78, 5) is 19.4. The largest absolute Gasteiger partial charge is 0.372 e. The number of amides is 1. The predicted octanol–water partition coefficient (Wildman–Crippen LogP) is 2.52. The third-order valence-corrected chi connectivity index (χ3v) is 5.01. The van der Waals surface area contributed by atoms with E-state index in [4.69, 9.17) is 9.47 Å². The maximum Gasteiger partial charge on any atom is 0.242 e. The molecule has 134 valence electrons. The number of ether oxygens (including phenoxy) is 2. The molecule has 3 atom stereocenters. The van der Waals surface area contributed by atoms with E-state index >= 15 is 0 Å². The van der Waals surface area contributed by atoms with Crippen molar-refractivity contribution in [3.63, 3.8) is 0 Å². The van der Waals surface area contributed by atoms with E-state index < -0.39 is 0 Å². The molecule has 2 aliphatic rings. The highest BCUT2D eigenvalue weighted by molar-refractivity contribution is 5.82. The minimum Gasteiger partial charge on any atom is -0.372 e. The van der Waals surface area contributed by atoms with Crippen LogP contribution in [0.1, 0.15) is 38.5 Å². The van der Waals surface area contributed by atoms with Gasteiger partial charge in [0.15, 0.2) is 0 Å². The van der Waals surface area contributed by atoms with Gasteiger partial charge in [-0.3, -0.25) is 4.79 Å². The lowest BCUT2D eigenvalue weighted by molar-refractivity contribution is -0.143. The van der Waals surface area contributed by atoms with E-state index in [1.807, 2.05) is 35.4 Å². The summed E-state index contributed by atoms with van der Waals surface area (Å²) < 4.78 is 13.7. The van der Waals surface area contributed by atoms with E-state index in [2.05, 4.69) is 11.1 Å². The van der Waals surface area contributed by atoms with Crippen molar-refractivity contribution in [2.45, 2.75) is 51.5 Å². The number of hydrogen-bond donors (Lipinski definition) is 0. The zero-order chi connectivity index (χ0) is 17.4. The molecule has 0 aromatic carbocycles. The van der Waals surface area contributed by atoms with E-state index in [-0.39, 0.29) is 24.2 Å². The van der Waals surface area contributed by atoms with Gasteiger partial charge in [-0.1, -0.05) is 0 Å². The molecule has 0 aliphatic carbocycles. The number of morpholine rings is 1. The first-order chi connectivity index (χ1) is 12.1. The minimum atomic E-state index is 0.0598. The highest BCUT2D eigenvalue weighted by Gasteiger charge is 2.28. The molecule has 0 spiro atoms. The van der Waals surface area contributed by atoms with Crippen molar-refractivity contribution >= 4 is 16.9 Å². The molecule has 2 fully saturated rings. The highest BCUT2D eigenvalue weighted by atomic mass is 16.5. The van der Waals surface area contributed by atoms with Gasteiger partial charge in [0.1, 0.15) is 12.2 Å². The standard InChI is InChI=1S/C19H25N3O3/c1-13-10-21(11-14(2)25-13)18(23)12-22-16(17-6-4-8-24-17)9-15-5-3-7-20-19(15)22/h3,5,7,9,13-14,17H,4,6,8,10-12H2,1-2H3/t13?,14?,17-/m0/s1. The van der Waals surface area contributed by atoms with Gasteiger partial charge < -0.3 is 18.9 Å².